The third-order valence-electron chi connectivity index (χ3n) is 1.89. The molecule has 0 aromatic carbocycles. The Labute approximate surface area is 61.7 Å². The van der Waals surface area contributed by atoms with Crippen LogP contribution < -0.4 is 11.5 Å². The van der Waals surface area contributed by atoms with Gasteiger partial charge in [-0.2, -0.15) is 0 Å². The normalized spacial score (nSPS) is 34.2. The van der Waals surface area contributed by atoms with Gasteiger partial charge in [0, 0.05) is 6.04 Å². The molecule has 3 nitrogen and oxygen atoms in total. The van der Waals surface area contributed by atoms with Gasteiger partial charge in [-0.15, -0.1) is 0 Å². The molecule has 0 aliphatic carbocycles. The van der Waals surface area contributed by atoms with E-state index in [0.29, 0.717) is 12.7 Å². The molecule has 4 N–H and O–H groups in total. The highest BCUT2D eigenvalue weighted by Crippen LogP contribution is 2.13. The number of hydrogen-bond donors (Lipinski definition) is 2. The van der Waals surface area contributed by atoms with Gasteiger partial charge < -0.3 is 16.2 Å². The SMILES string of the molecule is NCCC1CC[C@H](N)CO1. The fourth-order valence-corrected chi connectivity index (χ4v) is 1.24. The predicted octanol–water partition coefficient (Wildman–Crippen LogP) is -0.158. The largest absolute Gasteiger partial charge is 0.377 e. The van der Waals surface area contributed by atoms with Crippen molar-refractivity contribution in [2.75, 3.05) is 13.2 Å². The van der Waals surface area contributed by atoms with E-state index in [4.69, 9.17) is 16.2 Å². The molecule has 1 aliphatic heterocycles. The fourth-order valence-electron chi connectivity index (χ4n) is 1.24. The molecule has 1 heterocycles. The summed E-state index contributed by atoms with van der Waals surface area (Å²) in [7, 11) is 0. The Hall–Kier alpha value is -0.120. The Balaban J connectivity index is 2.13. The summed E-state index contributed by atoms with van der Waals surface area (Å²) >= 11 is 0. The molecule has 1 aliphatic rings. The molecule has 0 saturated carbocycles. The van der Waals surface area contributed by atoms with Crippen LogP contribution in [0.2, 0.25) is 0 Å². The van der Waals surface area contributed by atoms with Crippen molar-refractivity contribution >= 4 is 0 Å². The second-order valence-electron chi connectivity index (χ2n) is 2.87. The lowest BCUT2D eigenvalue weighted by molar-refractivity contribution is 0.00238. The van der Waals surface area contributed by atoms with E-state index in [9.17, 15) is 0 Å². The lowest BCUT2D eigenvalue weighted by atomic mass is 10.0. The van der Waals surface area contributed by atoms with E-state index in [2.05, 4.69) is 0 Å². The molecule has 1 fully saturated rings. The fraction of sp³-hybridized carbons (Fsp3) is 1.00. The van der Waals surface area contributed by atoms with Gasteiger partial charge in [-0.25, -0.2) is 0 Å². The van der Waals surface area contributed by atoms with E-state index in [1.165, 1.54) is 0 Å². The summed E-state index contributed by atoms with van der Waals surface area (Å²) in [5, 5.41) is 0. The highest BCUT2D eigenvalue weighted by Gasteiger charge is 2.17. The maximum absolute atomic E-state index is 5.64. The van der Waals surface area contributed by atoms with Gasteiger partial charge in [0.2, 0.25) is 0 Å². The standard InChI is InChI=1S/C7H16N2O/c8-4-3-7-2-1-6(9)5-10-7/h6-7H,1-5,8-9H2/t6-,7?/m0/s1. The molecule has 1 unspecified atom stereocenters. The Kier molecular flexibility index (Phi) is 3.12. The number of ether oxygens (including phenoxy) is 1. The summed E-state index contributed by atoms with van der Waals surface area (Å²) in [6, 6.07) is 0.258. The zero-order valence-corrected chi connectivity index (χ0v) is 6.25. The average molecular weight is 144 g/mol. The molecular weight excluding hydrogens is 128 g/mol. The lowest BCUT2D eigenvalue weighted by Gasteiger charge is -2.26. The van der Waals surface area contributed by atoms with Crippen molar-refractivity contribution in [1.82, 2.24) is 0 Å². The first kappa shape index (κ1) is 7.98. The number of hydrogen-bond acceptors (Lipinski definition) is 3. The van der Waals surface area contributed by atoms with Crippen molar-refractivity contribution in [3.05, 3.63) is 0 Å². The highest BCUT2D eigenvalue weighted by molar-refractivity contribution is 4.71. The van der Waals surface area contributed by atoms with Crippen LogP contribution in [0.25, 0.3) is 0 Å². The van der Waals surface area contributed by atoms with E-state index in [1.807, 2.05) is 0 Å². The van der Waals surface area contributed by atoms with E-state index in [1.54, 1.807) is 0 Å². The van der Waals surface area contributed by atoms with Gasteiger partial charge in [0.25, 0.3) is 0 Å². The Morgan fingerprint density at radius 2 is 2.20 bits per heavy atom. The van der Waals surface area contributed by atoms with Gasteiger partial charge in [-0.05, 0) is 25.8 Å². The second-order valence-corrected chi connectivity index (χ2v) is 2.87. The smallest absolute Gasteiger partial charge is 0.0621 e. The third-order valence-corrected chi connectivity index (χ3v) is 1.89. The van der Waals surface area contributed by atoms with Crippen molar-refractivity contribution in [3.63, 3.8) is 0 Å². The number of nitrogens with two attached hydrogens (primary N) is 2. The topological polar surface area (TPSA) is 61.3 Å². The molecule has 0 bridgehead atoms. The van der Waals surface area contributed by atoms with Crippen molar-refractivity contribution in [1.29, 1.82) is 0 Å². The Bertz CT molecular complexity index is 89.6. The van der Waals surface area contributed by atoms with Gasteiger partial charge in [-0.1, -0.05) is 0 Å². The van der Waals surface area contributed by atoms with E-state index < -0.39 is 0 Å². The zero-order valence-electron chi connectivity index (χ0n) is 6.25. The summed E-state index contributed by atoms with van der Waals surface area (Å²) in [4.78, 5) is 0. The average Bonchev–Trinajstić information content (AvgIpc) is 1.95. The van der Waals surface area contributed by atoms with Crippen LogP contribution in [0.15, 0.2) is 0 Å². The molecule has 1 rings (SSSR count). The first-order valence-electron chi connectivity index (χ1n) is 3.90. The van der Waals surface area contributed by atoms with Crippen molar-refractivity contribution in [2.45, 2.75) is 31.4 Å². The predicted molar refractivity (Wildman–Crippen MR) is 40.6 cm³/mol. The van der Waals surface area contributed by atoms with Gasteiger partial charge in [0.05, 0.1) is 12.7 Å². The van der Waals surface area contributed by atoms with Gasteiger partial charge in [-0.3, -0.25) is 0 Å². The molecule has 0 amide bonds. The lowest BCUT2D eigenvalue weighted by Crippen LogP contribution is -2.36. The van der Waals surface area contributed by atoms with Crippen molar-refractivity contribution in [2.24, 2.45) is 11.5 Å². The van der Waals surface area contributed by atoms with Crippen LogP contribution in [0, 0.1) is 0 Å². The molecule has 60 valence electrons. The van der Waals surface area contributed by atoms with Crippen molar-refractivity contribution in [3.8, 4) is 0 Å². The first-order valence-corrected chi connectivity index (χ1v) is 3.90. The Morgan fingerprint density at radius 1 is 1.40 bits per heavy atom. The monoisotopic (exact) mass is 144 g/mol. The third kappa shape index (κ3) is 2.25. The number of rotatable bonds is 2. The van der Waals surface area contributed by atoms with Crippen LogP contribution in [0.3, 0.4) is 0 Å². The van der Waals surface area contributed by atoms with E-state index in [-0.39, 0.29) is 6.04 Å². The first-order chi connectivity index (χ1) is 4.83. The second kappa shape index (κ2) is 3.91. The quantitative estimate of drug-likeness (QED) is 0.566. The minimum atomic E-state index is 0.258. The summed E-state index contributed by atoms with van der Waals surface area (Å²) < 4.78 is 5.43. The molecule has 0 aromatic rings. The van der Waals surface area contributed by atoms with E-state index in [0.717, 1.165) is 25.8 Å². The van der Waals surface area contributed by atoms with Crippen LogP contribution in [0.4, 0.5) is 0 Å². The minimum absolute atomic E-state index is 0.258. The summed E-state index contributed by atoms with van der Waals surface area (Å²) in [5.74, 6) is 0. The van der Waals surface area contributed by atoms with Crippen LogP contribution in [-0.2, 0) is 4.74 Å². The van der Waals surface area contributed by atoms with Crippen LogP contribution in [0.5, 0.6) is 0 Å². The van der Waals surface area contributed by atoms with Crippen LogP contribution >= 0.6 is 0 Å². The summed E-state index contributed by atoms with van der Waals surface area (Å²) in [6.07, 6.45) is 3.53. The van der Waals surface area contributed by atoms with Gasteiger partial charge in [0.1, 0.15) is 0 Å². The summed E-state index contributed by atoms with van der Waals surface area (Å²) in [5.41, 5.74) is 11.0. The molecule has 1 saturated heterocycles. The molecular formula is C7H16N2O. The van der Waals surface area contributed by atoms with Crippen molar-refractivity contribution < 1.29 is 4.74 Å². The van der Waals surface area contributed by atoms with E-state index >= 15 is 0 Å². The van der Waals surface area contributed by atoms with Crippen LogP contribution in [-0.4, -0.2) is 25.3 Å². The molecule has 2 atom stereocenters. The molecule has 0 radical (unpaired) electrons. The van der Waals surface area contributed by atoms with Crippen LogP contribution in [0.1, 0.15) is 19.3 Å². The van der Waals surface area contributed by atoms with Gasteiger partial charge >= 0.3 is 0 Å². The molecule has 3 heteroatoms. The summed E-state index contributed by atoms with van der Waals surface area (Å²) in [6.45, 7) is 1.44. The molecule has 0 spiro atoms. The molecule has 10 heavy (non-hydrogen) atoms. The molecule has 0 aromatic heterocycles. The maximum atomic E-state index is 5.64. The Morgan fingerprint density at radius 3 is 2.70 bits per heavy atom. The highest BCUT2D eigenvalue weighted by atomic mass is 16.5. The zero-order chi connectivity index (χ0) is 7.40. The van der Waals surface area contributed by atoms with Gasteiger partial charge in [0.15, 0.2) is 0 Å². The maximum Gasteiger partial charge on any atom is 0.0621 e. The minimum Gasteiger partial charge on any atom is -0.377 e.